The standard InChI is InChI=1S/C27H32F3N7O4/c1-36-22(15-40-20-4-2-3-18(13-20)27(28,29)30)33-34-23(36)17-5-7-19(8-6-17)37-14-21(32-35-37)26-11-9-25(10-12-26,16-41-26)31-24(38)39/h2-4,13-14,17,19,31H,5-12,15-16H2,1H3,(H,38,39). The average Bonchev–Trinajstić information content (AvgIpc) is 3.60. The lowest BCUT2D eigenvalue weighted by Gasteiger charge is -2.51. The molecular weight excluding hydrogens is 543 g/mol. The van der Waals surface area contributed by atoms with Crippen LogP contribution in [0.25, 0.3) is 0 Å². The molecule has 2 bridgehead atoms. The van der Waals surface area contributed by atoms with Gasteiger partial charge >= 0.3 is 12.3 Å². The number of hydrogen-bond acceptors (Lipinski definition) is 7. The number of halogens is 3. The first-order valence-electron chi connectivity index (χ1n) is 13.8. The van der Waals surface area contributed by atoms with Crippen LogP contribution in [0.1, 0.15) is 86.2 Å². The molecule has 14 heteroatoms. The lowest BCUT2D eigenvalue weighted by molar-refractivity contribution is -0.167. The third-order valence-corrected chi connectivity index (χ3v) is 8.95. The van der Waals surface area contributed by atoms with Gasteiger partial charge in [-0.25, -0.2) is 9.48 Å². The second kappa shape index (κ2) is 10.3. The zero-order valence-corrected chi connectivity index (χ0v) is 22.6. The monoisotopic (exact) mass is 575 g/mol. The average molecular weight is 576 g/mol. The largest absolute Gasteiger partial charge is 0.486 e. The topological polar surface area (TPSA) is 129 Å². The molecule has 0 unspecified atom stereocenters. The Bertz CT molecular complexity index is 1390. The molecular formula is C27H32F3N7O4. The number of amides is 1. The summed E-state index contributed by atoms with van der Waals surface area (Å²) in [4.78, 5) is 11.2. The molecule has 0 atom stereocenters. The first-order chi connectivity index (χ1) is 19.6. The van der Waals surface area contributed by atoms with E-state index in [1.165, 1.54) is 12.1 Å². The molecule has 220 valence electrons. The van der Waals surface area contributed by atoms with Crippen molar-refractivity contribution in [2.75, 3.05) is 6.61 Å². The number of benzene rings is 1. The zero-order chi connectivity index (χ0) is 28.8. The van der Waals surface area contributed by atoms with Crippen molar-refractivity contribution in [3.8, 4) is 5.75 Å². The first-order valence-corrected chi connectivity index (χ1v) is 13.8. The summed E-state index contributed by atoms with van der Waals surface area (Å²) >= 11 is 0. The maximum Gasteiger partial charge on any atom is 0.416 e. The minimum atomic E-state index is -4.43. The van der Waals surface area contributed by atoms with Crippen LogP contribution in [-0.4, -0.2) is 53.1 Å². The fourth-order valence-corrected chi connectivity index (χ4v) is 6.44. The van der Waals surface area contributed by atoms with Crippen molar-refractivity contribution in [3.05, 3.63) is 53.4 Å². The predicted octanol–water partition coefficient (Wildman–Crippen LogP) is 4.71. The van der Waals surface area contributed by atoms with Gasteiger partial charge in [-0.3, -0.25) is 0 Å². The highest BCUT2D eigenvalue weighted by molar-refractivity contribution is 5.65. The molecule has 2 aliphatic carbocycles. The second-order valence-electron chi connectivity index (χ2n) is 11.4. The summed E-state index contributed by atoms with van der Waals surface area (Å²) in [5.74, 6) is 1.70. The quantitative estimate of drug-likeness (QED) is 0.415. The number of rotatable bonds is 7. The van der Waals surface area contributed by atoms with E-state index in [1.54, 1.807) is 0 Å². The highest BCUT2D eigenvalue weighted by Crippen LogP contribution is 2.49. The van der Waals surface area contributed by atoms with Gasteiger partial charge < -0.3 is 24.5 Å². The highest BCUT2D eigenvalue weighted by atomic mass is 19.4. The fourth-order valence-electron chi connectivity index (χ4n) is 6.44. The Kier molecular flexibility index (Phi) is 6.91. The molecule has 2 aromatic heterocycles. The smallest absolute Gasteiger partial charge is 0.416 e. The molecule has 4 aliphatic rings. The summed E-state index contributed by atoms with van der Waals surface area (Å²) in [6.07, 6.45) is 2.88. The van der Waals surface area contributed by atoms with Gasteiger partial charge in [0.15, 0.2) is 5.82 Å². The van der Waals surface area contributed by atoms with Crippen molar-refractivity contribution in [2.45, 2.75) is 87.2 Å². The van der Waals surface area contributed by atoms with Gasteiger partial charge in [0.25, 0.3) is 0 Å². The molecule has 1 amide bonds. The number of hydrogen-bond donors (Lipinski definition) is 2. The van der Waals surface area contributed by atoms with Crippen molar-refractivity contribution in [1.82, 2.24) is 35.1 Å². The number of nitrogens with one attached hydrogen (secondary N) is 1. The van der Waals surface area contributed by atoms with E-state index >= 15 is 0 Å². The second-order valence-corrected chi connectivity index (χ2v) is 11.4. The number of alkyl halides is 3. The van der Waals surface area contributed by atoms with E-state index in [9.17, 15) is 23.1 Å². The fraction of sp³-hybridized carbons (Fsp3) is 0.593. The molecule has 2 saturated heterocycles. The maximum absolute atomic E-state index is 13.0. The summed E-state index contributed by atoms with van der Waals surface area (Å²) < 4.78 is 54.6. The Morgan fingerprint density at radius 2 is 1.90 bits per heavy atom. The van der Waals surface area contributed by atoms with E-state index < -0.39 is 29.0 Å². The summed E-state index contributed by atoms with van der Waals surface area (Å²) in [6, 6.07) is 4.99. The van der Waals surface area contributed by atoms with Crippen molar-refractivity contribution in [1.29, 1.82) is 0 Å². The Morgan fingerprint density at radius 1 is 1.15 bits per heavy atom. The van der Waals surface area contributed by atoms with Crippen molar-refractivity contribution in [3.63, 3.8) is 0 Å². The van der Waals surface area contributed by atoms with Crippen molar-refractivity contribution in [2.24, 2.45) is 7.05 Å². The SMILES string of the molecule is Cn1c(COc2cccc(C(F)(F)F)c2)nnc1C1CCC(n2cc(C34CCC(NC(=O)O)(CC3)CO4)nn2)CC1. The van der Waals surface area contributed by atoms with Crippen LogP contribution >= 0.6 is 0 Å². The van der Waals surface area contributed by atoms with Gasteiger partial charge in [0.1, 0.15) is 29.5 Å². The van der Waals surface area contributed by atoms with Crippen LogP contribution in [-0.2, 0) is 30.2 Å². The van der Waals surface area contributed by atoms with Gasteiger partial charge in [0.2, 0.25) is 0 Å². The number of ether oxygens (including phenoxy) is 2. The van der Waals surface area contributed by atoms with Gasteiger partial charge in [-0.05, 0) is 69.6 Å². The normalized spacial score (nSPS) is 28.0. The Balaban J connectivity index is 1.04. The number of nitrogens with zero attached hydrogens (tertiary/aromatic N) is 6. The van der Waals surface area contributed by atoms with Crippen LogP contribution in [0.3, 0.4) is 0 Å². The third kappa shape index (κ3) is 5.36. The molecule has 0 spiro atoms. The lowest BCUT2D eigenvalue weighted by Crippen LogP contribution is -2.61. The Morgan fingerprint density at radius 3 is 2.56 bits per heavy atom. The van der Waals surface area contributed by atoms with E-state index in [2.05, 4.69) is 25.8 Å². The molecule has 4 heterocycles. The molecule has 3 aromatic rings. The lowest BCUT2D eigenvalue weighted by atomic mass is 9.70. The minimum absolute atomic E-state index is 0.0131. The molecule has 2 aliphatic heterocycles. The third-order valence-electron chi connectivity index (χ3n) is 8.95. The van der Waals surface area contributed by atoms with Gasteiger partial charge in [-0.2, -0.15) is 13.2 Å². The molecule has 2 saturated carbocycles. The van der Waals surface area contributed by atoms with Crippen LogP contribution in [0.15, 0.2) is 30.5 Å². The number of carbonyl (C=O) groups is 1. The molecule has 0 radical (unpaired) electrons. The summed E-state index contributed by atoms with van der Waals surface area (Å²) in [7, 11) is 1.85. The number of carboxylic acid groups (broad SMARTS) is 1. The maximum atomic E-state index is 13.0. The van der Waals surface area contributed by atoms with E-state index in [0.29, 0.717) is 38.1 Å². The Labute approximate surface area is 234 Å². The van der Waals surface area contributed by atoms with Gasteiger partial charge in [-0.1, -0.05) is 11.3 Å². The molecule has 1 aromatic carbocycles. The van der Waals surface area contributed by atoms with E-state index in [-0.39, 0.29) is 24.3 Å². The number of fused-ring (bicyclic) bond motifs is 3. The summed E-state index contributed by atoms with van der Waals surface area (Å²) in [5.41, 5.74) is -0.972. The van der Waals surface area contributed by atoms with Gasteiger partial charge in [-0.15, -0.1) is 15.3 Å². The van der Waals surface area contributed by atoms with Crippen LogP contribution < -0.4 is 10.1 Å². The van der Waals surface area contributed by atoms with Crippen LogP contribution in [0.5, 0.6) is 5.75 Å². The van der Waals surface area contributed by atoms with E-state index in [0.717, 1.165) is 49.3 Å². The van der Waals surface area contributed by atoms with E-state index in [4.69, 9.17) is 9.47 Å². The number of aromatic nitrogens is 6. The zero-order valence-electron chi connectivity index (χ0n) is 22.6. The van der Waals surface area contributed by atoms with Crippen LogP contribution in [0, 0.1) is 0 Å². The Hall–Kier alpha value is -3.68. The van der Waals surface area contributed by atoms with Gasteiger partial charge in [0.05, 0.1) is 29.9 Å². The predicted molar refractivity (Wildman–Crippen MR) is 137 cm³/mol. The van der Waals surface area contributed by atoms with Gasteiger partial charge in [0, 0.05) is 13.0 Å². The summed E-state index contributed by atoms with van der Waals surface area (Å²) in [5, 5.41) is 29.4. The highest BCUT2D eigenvalue weighted by Gasteiger charge is 2.52. The first kappa shape index (κ1) is 27.5. The molecule has 7 rings (SSSR count). The molecule has 11 nitrogen and oxygen atoms in total. The summed E-state index contributed by atoms with van der Waals surface area (Å²) in [6.45, 7) is 0.348. The molecule has 4 fully saturated rings. The minimum Gasteiger partial charge on any atom is -0.486 e. The van der Waals surface area contributed by atoms with Crippen LogP contribution in [0.4, 0.5) is 18.0 Å². The van der Waals surface area contributed by atoms with Crippen molar-refractivity contribution < 1.29 is 32.5 Å². The molecule has 41 heavy (non-hydrogen) atoms. The molecule has 2 N–H and O–H groups in total. The van der Waals surface area contributed by atoms with E-state index in [1.807, 2.05) is 22.5 Å². The van der Waals surface area contributed by atoms with Crippen molar-refractivity contribution >= 4 is 6.09 Å². The van der Waals surface area contributed by atoms with Crippen LogP contribution in [0.2, 0.25) is 0 Å².